The lowest BCUT2D eigenvalue weighted by atomic mass is 10.2. The summed E-state index contributed by atoms with van der Waals surface area (Å²) < 4.78 is 0. The largest absolute Gasteiger partial charge is 0.507 e. The molecular weight excluding hydrogens is 372 g/mol. The van der Waals surface area contributed by atoms with Crippen molar-refractivity contribution in [3.05, 3.63) is 42.0 Å². The van der Waals surface area contributed by atoms with Gasteiger partial charge < -0.3 is 35.7 Å². The predicted molar refractivity (Wildman–Crippen MR) is 85.4 cm³/mol. The van der Waals surface area contributed by atoms with Gasteiger partial charge in [-0.2, -0.15) is 0 Å². The van der Waals surface area contributed by atoms with Crippen LogP contribution in [0.2, 0.25) is 0 Å². The fourth-order valence-corrected chi connectivity index (χ4v) is 1.05. The van der Waals surface area contributed by atoms with E-state index in [1.54, 1.807) is 12.1 Å². The molecule has 12 nitrogen and oxygen atoms in total. The molecule has 12 heteroatoms. The highest BCUT2D eigenvalue weighted by atomic mass is 16.4. The molecule has 0 aromatic heterocycles. The lowest BCUT2D eigenvalue weighted by Crippen LogP contribution is -2.22. The molecule has 0 radical (unpaired) electrons. The minimum absolute atomic E-state index is 0.0671. The van der Waals surface area contributed by atoms with Crippen molar-refractivity contribution in [2.75, 3.05) is 0 Å². The van der Waals surface area contributed by atoms with Gasteiger partial charge in [0.05, 0.1) is 6.42 Å². The Hall–Kier alpha value is -3.93. The van der Waals surface area contributed by atoms with Crippen molar-refractivity contribution in [3.63, 3.8) is 0 Å². The number of carboxylic acids is 5. The summed E-state index contributed by atoms with van der Waals surface area (Å²) in [5.74, 6) is -6.67. The van der Waals surface area contributed by atoms with Gasteiger partial charge >= 0.3 is 29.8 Å². The number of aliphatic carboxylic acids is 4. The number of aliphatic hydroxyl groups is 1. The van der Waals surface area contributed by atoms with Crippen molar-refractivity contribution >= 4 is 29.8 Å². The molecular formula is C15H16O12. The summed E-state index contributed by atoms with van der Waals surface area (Å²) in [5.41, 5.74) is -0.0671. The molecule has 0 saturated heterocycles. The fourth-order valence-electron chi connectivity index (χ4n) is 1.05. The third-order valence-corrected chi connectivity index (χ3v) is 2.16. The zero-order chi connectivity index (χ0) is 21.6. The van der Waals surface area contributed by atoms with Gasteiger partial charge in [0.15, 0.2) is 6.10 Å². The number of carbonyl (C=O) groups is 5. The first-order chi connectivity index (χ1) is 12.4. The summed E-state index contributed by atoms with van der Waals surface area (Å²) in [4.78, 5) is 48.8. The highest BCUT2D eigenvalue weighted by Gasteiger charge is 2.16. The highest BCUT2D eigenvalue weighted by molar-refractivity contribution is 5.90. The number of hydrogen-bond donors (Lipinski definition) is 7. The SMILES string of the molecule is O=C(O)/C=C/C(=O)O.O=C(O)CC(O)C(=O)O.O=C(O)c1ccccc1O. The van der Waals surface area contributed by atoms with Crippen LogP contribution in [0.5, 0.6) is 5.75 Å². The molecule has 1 aromatic rings. The van der Waals surface area contributed by atoms with Crippen LogP contribution in [0.1, 0.15) is 16.8 Å². The number of aromatic hydroxyl groups is 1. The van der Waals surface area contributed by atoms with Crippen LogP contribution in [0, 0.1) is 0 Å². The van der Waals surface area contributed by atoms with E-state index in [1.165, 1.54) is 12.1 Å². The molecule has 0 aliphatic rings. The molecule has 148 valence electrons. The second kappa shape index (κ2) is 13.4. The summed E-state index contributed by atoms with van der Waals surface area (Å²) in [6.07, 6.45) is -1.43. The lowest BCUT2D eigenvalue weighted by Gasteiger charge is -1.97. The first kappa shape index (κ1) is 25.3. The summed E-state index contributed by atoms with van der Waals surface area (Å²) in [6, 6.07) is 5.81. The second-order valence-electron chi connectivity index (χ2n) is 4.28. The first-order valence-electron chi connectivity index (χ1n) is 6.66. The lowest BCUT2D eigenvalue weighted by molar-refractivity contribution is -0.152. The van der Waals surface area contributed by atoms with Gasteiger partial charge in [-0.1, -0.05) is 12.1 Å². The van der Waals surface area contributed by atoms with Gasteiger partial charge in [-0.25, -0.2) is 19.2 Å². The molecule has 7 N–H and O–H groups in total. The molecule has 1 rings (SSSR count). The average Bonchev–Trinajstić information content (AvgIpc) is 2.53. The molecule has 1 aromatic carbocycles. The zero-order valence-electron chi connectivity index (χ0n) is 13.4. The summed E-state index contributed by atoms with van der Waals surface area (Å²) in [5, 5.41) is 57.1. The quantitative estimate of drug-likeness (QED) is 0.312. The van der Waals surface area contributed by atoms with Gasteiger partial charge in [0.1, 0.15) is 11.3 Å². The van der Waals surface area contributed by atoms with Crippen LogP contribution in [-0.2, 0) is 19.2 Å². The van der Waals surface area contributed by atoms with Gasteiger partial charge in [0.2, 0.25) is 0 Å². The van der Waals surface area contributed by atoms with Gasteiger partial charge in [-0.3, -0.25) is 4.79 Å². The minimum Gasteiger partial charge on any atom is -0.507 e. The predicted octanol–water partition coefficient (Wildman–Crippen LogP) is -0.291. The molecule has 1 unspecified atom stereocenters. The first-order valence-corrected chi connectivity index (χ1v) is 6.66. The van der Waals surface area contributed by atoms with Gasteiger partial charge in [0.25, 0.3) is 0 Å². The van der Waals surface area contributed by atoms with Gasteiger partial charge in [-0.15, -0.1) is 0 Å². The number of aliphatic hydroxyl groups excluding tert-OH is 1. The van der Waals surface area contributed by atoms with Crippen molar-refractivity contribution in [2.24, 2.45) is 0 Å². The molecule has 0 fully saturated rings. The van der Waals surface area contributed by atoms with Crippen LogP contribution in [0.25, 0.3) is 0 Å². The van der Waals surface area contributed by atoms with Crippen LogP contribution in [0.4, 0.5) is 0 Å². The summed E-state index contributed by atoms with van der Waals surface area (Å²) in [6.45, 7) is 0. The molecule has 27 heavy (non-hydrogen) atoms. The normalized spacial score (nSPS) is 10.4. The Balaban J connectivity index is 0. The van der Waals surface area contributed by atoms with Crippen LogP contribution < -0.4 is 0 Å². The molecule has 0 bridgehead atoms. The third-order valence-electron chi connectivity index (χ3n) is 2.16. The molecule has 0 saturated carbocycles. The Kier molecular flexibility index (Phi) is 12.5. The number of aromatic carboxylic acids is 1. The Morgan fingerprint density at radius 2 is 1.30 bits per heavy atom. The van der Waals surface area contributed by atoms with E-state index >= 15 is 0 Å². The smallest absolute Gasteiger partial charge is 0.339 e. The molecule has 0 aliphatic heterocycles. The van der Waals surface area contributed by atoms with E-state index in [9.17, 15) is 24.0 Å². The van der Waals surface area contributed by atoms with Crippen molar-refractivity contribution in [1.29, 1.82) is 0 Å². The Bertz CT molecular complexity index is 691. The zero-order valence-corrected chi connectivity index (χ0v) is 13.4. The third kappa shape index (κ3) is 15.3. The van der Waals surface area contributed by atoms with Crippen molar-refractivity contribution in [2.45, 2.75) is 12.5 Å². The van der Waals surface area contributed by atoms with E-state index in [0.717, 1.165) is 0 Å². The summed E-state index contributed by atoms with van der Waals surface area (Å²) in [7, 11) is 0. The number of benzene rings is 1. The van der Waals surface area contributed by atoms with Crippen molar-refractivity contribution in [3.8, 4) is 5.75 Å². The Morgan fingerprint density at radius 3 is 1.52 bits per heavy atom. The Morgan fingerprint density at radius 1 is 0.852 bits per heavy atom. The molecule has 0 spiro atoms. The maximum Gasteiger partial charge on any atom is 0.339 e. The standard InChI is InChI=1S/C7H6O3.C4H6O5.C4H4O4/c8-6-4-2-1-3-5(6)7(9)10;5-2(4(8)9)1-3(6)7;5-3(6)1-2-4(7)8/h1-4,8H,(H,9,10);2,5H,1H2,(H,6,7)(H,8,9);1-2H,(H,5,6)(H,7,8)/b;;2-1+. The minimum atomic E-state index is -1.79. The van der Waals surface area contributed by atoms with Crippen molar-refractivity contribution < 1.29 is 59.7 Å². The molecule has 0 heterocycles. The monoisotopic (exact) mass is 388 g/mol. The molecule has 0 aliphatic carbocycles. The maximum atomic E-state index is 10.3. The van der Waals surface area contributed by atoms with E-state index in [4.69, 9.17) is 35.7 Å². The Labute approximate surface area is 150 Å². The van der Waals surface area contributed by atoms with Crippen LogP contribution in [0.15, 0.2) is 36.4 Å². The summed E-state index contributed by atoms with van der Waals surface area (Å²) >= 11 is 0. The number of para-hydroxylation sites is 1. The fraction of sp³-hybridized carbons (Fsp3) is 0.133. The highest BCUT2D eigenvalue weighted by Crippen LogP contribution is 2.14. The average molecular weight is 388 g/mol. The number of rotatable bonds is 6. The van der Waals surface area contributed by atoms with Crippen molar-refractivity contribution in [1.82, 2.24) is 0 Å². The van der Waals surface area contributed by atoms with E-state index in [0.29, 0.717) is 12.2 Å². The van der Waals surface area contributed by atoms with E-state index in [2.05, 4.69) is 0 Å². The number of carboxylic acid groups (broad SMARTS) is 5. The molecule has 1 atom stereocenters. The molecule has 0 amide bonds. The van der Waals surface area contributed by atoms with Crippen LogP contribution in [-0.4, -0.2) is 71.7 Å². The van der Waals surface area contributed by atoms with Crippen LogP contribution in [0.3, 0.4) is 0 Å². The van der Waals surface area contributed by atoms with Gasteiger partial charge in [0, 0.05) is 12.2 Å². The topological polar surface area (TPSA) is 227 Å². The van der Waals surface area contributed by atoms with Gasteiger partial charge in [-0.05, 0) is 12.1 Å². The maximum absolute atomic E-state index is 10.3. The number of phenols is 1. The number of hydrogen-bond acceptors (Lipinski definition) is 7. The van der Waals surface area contributed by atoms with E-state index in [-0.39, 0.29) is 11.3 Å². The van der Waals surface area contributed by atoms with Crippen LogP contribution >= 0.6 is 0 Å². The second-order valence-corrected chi connectivity index (χ2v) is 4.28. The van der Waals surface area contributed by atoms with E-state index in [1.807, 2.05) is 0 Å². The van der Waals surface area contributed by atoms with E-state index < -0.39 is 42.4 Å².